The topological polar surface area (TPSA) is 78.0 Å². The van der Waals surface area contributed by atoms with E-state index in [1.807, 2.05) is 16.8 Å². The molecule has 0 saturated carbocycles. The van der Waals surface area contributed by atoms with Gasteiger partial charge in [0.2, 0.25) is 0 Å². The molecule has 3 N–H and O–H groups in total. The smallest absolute Gasteiger partial charge is 0.138 e. The van der Waals surface area contributed by atoms with Crippen molar-refractivity contribution in [1.29, 1.82) is 0 Å². The number of hydrazine groups is 1. The molecular formula is C15H23N5O. The van der Waals surface area contributed by atoms with Crippen LogP contribution in [0.5, 0.6) is 5.75 Å². The van der Waals surface area contributed by atoms with Gasteiger partial charge in [0.25, 0.3) is 0 Å². The van der Waals surface area contributed by atoms with E-state index in [0.29, 0.717) is 6.04 Å². The summed E-state index contributed by atoms with van der Waals surface area (Å²) in [5.74, 6) is 7.49. The lowest BCUT2D eigenvalue weighted by molar-refractivity contribution is 0.414. The first-order valence-electron chi connectivity index (χ1n) is 7.11. The van der Waals surface area contributed by atoms with E-state index in [0.717, 1.165) is 24.4 Å². The number of hydrogen-bond donors (Lipinski definition) is 2. The molecule has 1 heterocycles. The first-order valence-corrected chi connectivity index (χ1v) is 7.11. The summed E-state index contributed by atoms with van der Waals surface area (Å²) in [7, 11) is 1.66. The van der Waals surface area contributed by atoms with Crippen LogP contribution in [0.3, 0.4) is 0 Å². The fourth-order valence-electron chi connectivity index (χ4n) is 2.31. The minimum Gasteiger partial charge on any atom is -0.497 e. The van der Waals surface area contributed by atoms with Crippen molar-refractivity contribution in [3.8, 4) is 5.75 Å². The van der Waals surface area contributed by atoms with Crippen LogP contribution in [0, 0.1) is 0 Å². The van der Waals surface area contributed by atoms with Gasteiger partial charge in [-0.3, -0.25) is 11.3 Å². The highest BCUT2D eigenvalue weighted by atomic mass is 16.5. The van der Waals surface area contributed by atoms with Crippen molar-refractivity contribution in [2.45, 2.75) is 38.8 Å². The van der Waals surface area contributed by atoms with Crippen LogP contribution in [0.4, 0.5) is 0 Å². The second-order valence-corrected chi connectivity index (χ2v) is 5.33. The quantitative estimate of drug-likeness (QED) is 0.596. The fourth-order valence-corrected chi connectivity index (χ4v) is 2.31. The Bertz CT molecular complexity index is 549. The highest BCUT2D eigenvalue weighted by Gasteiger charge is 2.14. The summed E-state index contributed by atoms with van der Waals surface area (Å²) in [4.78, 5) is 4.33. The Morgan fingerprint density at radius 3 is 2.52 bits per heavy atom. The van der Waals surface area contributed by atoms with E-state index in [9.17, 15) is 0 Å². The maximum absolute atomic E-state index is 5.69. The average Bonchev–Trinajstić information content (AvgIpc) is 2.95. The van der Waals surface area contributed by atoms with E-state index in [2.05, 4.69) is 41.5 Å². The third kappa shape index (κ3) is 4.03. The van der Waals surface area contributed by atoms with Crippen LogP contribution in [0.2, 0.25) is 0 Å². The van der Waals surface area contributed by atoms with Gasteiger partial charge in [-0.1, -0.05) is 12.1 Å². The molecule has 0 bridgehead atoms. The molecule has 0 aliphatic carbocycles. The molecule has 1 aromatic heterocycles. The molecule has 114 valence electrons. The molecular weight excluding hydrogens is 266 g/mol. The summed E-state index contributed by atoms with van der Waals surface area (Å²) >= 11 is 0. The van der Waals surface area contributed by atoms with Gasteiger partial charge in [0, 0.05) is 18.5 Å². The second kappa shape index (κ2) is 7.19. The van der Waals surface area contributed by atoms with Gasteiger partial charge >= 0.3 is 0 Å². The van der Waals surface area contributed by atoms with Crippen LogP contribution in [-0.2, 0) is 12.8 Å². The van der Waals surface area contributed by atoms with Crippen LogP contribution in [0.1, 0.15) is 31.3 Å². The average molecular weight is 289 g/mol. The molecule has 2 rings (SSSR count). The molecule has 2 aromatic rings. The standard InChI is InChI=1S/C15H23N5O/c1-11(2)20-15(17-10-18-20)9-13(19-16)8-12-4-6-14(21-3)7-5-12/h4-7,10-11,13,19H,8-9,16H2,1-3H3. The molecule has 1 atom stereocenters. The van der Waals surface area contributed by atoms with Gasteiger partial charge in [-0.2, -0.15) is 5.10 Å². The van der Waals surface area contributed by atoms with E-state index < -0.39 is 0 Å². The Balaban J connectivity index is 2.03. The minimum absolute atomic E-state index is 0.111. The summed E-state index contributed by atoms with van der Waals surface area (Å²) < 4.78 is 7.09. The first kappa shape index (κ1) is 15.5. The van der Waals surface area contributed by atoms with Crippen LogP contribution in [0.15, 0.2) is 30.6 Å². The number of benzene rings is 1. The van der Waals surface area contributed by atoms with Crippen LogP contribution >= 0.6 is 0 Å². The number of nitrogens with zero attached hydrogens (tertiary/aromatic N) is 3. The van der Waals surface area contributed by atoms with Gasteiger partial charge in [0.05, 0.1) is 7.11 Å². The van der Waals surface area contributed by atoms with Crippen molar-refractivity contribution in [2.75, 3.05) is 7.11 Å². The van der Waals surface area contributed by atoms with E-state index >= 15 is 0 Å². The zero-order valence-corrected chi connectivity index (χ0v) is 12.8. The highest BCUT2D eigenvalue weighted by Crippen LogP contribution is 2.14. The van der Waals surface area contributed by atoms with Crippen LogP contribution in [-0.4, -0.2) is 27.9 Å². The highest BCUT2D eigenvalue weighted by molar-refractivity contribution is 5.27. The van der Waals surface area contributed by atoms with Crippen LogP contribution < -0.4 is 16.0 Å². The number of aromatic nitrogens is 3. The summed E-state index contributed by atoms with van der Waals surface area (Å²) in [6.07, 6.45) is 3.16. The summed E-state index contributed by atoms with van der Waals surface area (Å²) in [6, 6.07) is 8.42. The van der Waals surface area contributed by atoms with Gasteiger partial charge < -0.3 is 4.74 Å². The third-order valence-corrected chi connectivity index (χ3v) is 3.44. The molecule has 0 aliphatic heterocycles. The number of methoxy groups -OCH3 is 1. The maximum atomic E-state index is 5.69. The number of ether oxygens (including phenoxy) is 1. The van der Waals surface area contributed by atoms with Crippen molar-refractivity contribution in [2.24, 2.45) is 5.84 Å². The predicted octanol–water partition coefficient (Wildman–Crippen LogP) is 1.48. The van der Waals surface area contributed by atoms with Crippen molar-refractivity contribution in [1.82, 2.24) is 20.2 Å². The molecule has 6 nitrogen and oxygen atoms in total. The molecule has 0 amide bonds. The fraction of sp³-hybridized carbons (Fsp3) is 0.467. The van der Waals surface area contributed by atoms with Crippen molar-refractivity contribution < 1.29 is 4.74 Å². The van der Waals surface area contributed by atoms with Crippen molar-refractivity contribution >= 4 is 0 Å². The number of hydrogen-bond acceptors (Lipinski definition) is 5. The molecule has 6 heteroatoms. The summed E-state index contributed by atoms with van der Waals surface area (Å²) in [5.41, 5.74) is 4.07. The Labute approximate surface area is 125 Å². The molecule has 1 unspecified atom stereocenters. The number of nitrogens with one attached hydrogen (secondary N) is 1. The van der Waals surface area contributed by atoms with Crippen molar-refractivity contribution in [3.63, 3.8) is 0 Å². The normalized spacial score (nSPS) is 12.6. The van der Waals surface area contributed by atoms with Crippen LogP contribution in [0.25, 0.3) is 0 Å². The molecule has 0 spiro atoms. The Kier molecular flexibility index (Phi) is 5.30. The first-order chi connectivity index (χ1) is 10.1. The van der Waals surface area contributed by atoms with Crippen molar-refractivity contribution in [3.05, 3.63) is 42.0 Å². The van der Waals surface area contributed by atoms with Gasteiger partial charge in [-0.25, -0.2) is 9.67 Å². The molecule has 0 fully saturated rings. The molecule has 0 saturated heterocycles. The molecule has 0 aliphatic rings. The van der Waals surface area contributed by atoms with E-state index in [1.54, 1.807) is 13.4 Å². The summed E-state index contributed by atoms with van der Waals surface area (Å²) in [5, 5.41) is 4.25. The molecule has 1 aromatic carbocycles. The lowest BCUT2D eigenvalue weighted by Gasteiger charge is -2.17. The zero-order valence-electron chi connectivity index (χ0n) is 12.8. The maximum Gasteiger partial charge on any atom is 0.138 e. The van der Waals surface area contributed by atoms with Gasteiger partial charge in [0.15, 0.2) is 0 Å². The molecule has 0 radical (unpaired) electrons. The second-order valence-electron chi connectivity index (χ2n) is 5.33. The number of rotatable bonds is 7. The third-order valence-electron chi connectivity index (χ3n) is 3.44. The van der Waals surface area contributed by atoms with E-state index in [-0.39, 0.29) is 6.04 Å². The van der Waals surface area contributed by atoms with Gasteiger partial charge in [-0.15, -0.1) is 0 Å². The Hall–Kier alpha value is -1.92. The lowest BCUT2D eigenvalue weighted by atomic mass is 10.0. The monoisotopic (exact) mass is 289 g/mol. The summed E-state index contributed by atoms with van der Waals surface area (Å²) in [6.45, 7) is 4.18. The minimum atomic E-state index is 0.111. The predicted molar refractivity (Wildman–Crippen MR) is 81.9 cm³/mol. The van der Waals surface area contributed by atoms with E-state index in [1.165, 1.54) is 5.56 Å². The zero-order chi connectivity index (χ0) is 15.2. The Morgan fingerprint density at radius 1 is 1.24 bits per heavy atom. The van der Waals surface area contributed by atoms with Gasteiger partial charge in [-0.05, 0) is 38.0 Å². The lowest BCUT2D eigenvalue weighted by Crippen LogP contribution is -2.39. The van der Waals surface area contributed by atoms with Gasteiger partial charge in [0.1, 0.15) is 17.9 Å². The molecule has 21 heavy (non-hydrogen) atoms. The van der Waals surface area contributed by atoms with E-state index in [4.69, 9.17) is 10.6 Å². The Morgan fingerprint density at radius 2 is 1.95 bits per heavy atom. The SMILES string of the molecule is COc1ccc(CC(Cc2ncnn2C(C)C)NN)cc1. The largest absolute Gasteiger partial charge is 0.497 e. The number of nitrogens with two attached hydrogens (primary N) is 1.